The number of ether oxygens (including phenoxy) is 2. The van der Waals surface area contributed by atoms with Crippen LogP contribution in [0.25, 0.3) is 0 Å². The Hall–Kier alpha value is -3.60. The smallest absolute Gasteiger partial charge is 0.472 e. The zero-order chi connectivity index (χ0) is 40.0. The second kappa shape index (κ2) is 36.4. The molecule has 0 saturated carbocycles. The number of rotatable bonds is 34. The van der Waals surface area contributed by atoms with Gasteiger partial charge in [0.05, 0.1) is 13.2 Å². The summed E-state index contributed by atoms with van der Waals surface area (Å²) in [5.41, 5.74) is 5.31. The number of nitrogens with two attached hydrogens (primary N) is 1. The number of esters is 2. The zero-order valence-corrected chi connectivity index (χ0v) is 33.4. The summed E-state index contributed by atoms with van der Waals surface area (Å²) in [7, 11) is -4.75. The van der Waals surface area contributed by atoms with Crippen LogP contribution < -0.4 is 5.73 Å². The zero-order valence-electron chi connectivity index (χ0n) is 32.5. The van der Waals surface area contributed by atoms with Crippen molar-refractivity contribution in [2.75, 3.05) is 19.8 Å². The van der Waals surface area contributed by atoms with E-state index < -0.39 is 57.7 Å². The average Bonchev–Trinajstić information content (AvgIpc) is 3.14. The number of phosphoric acid groups is 1. The van der Waals surface area contributed by atoms with Crippen LogP contribution in [-0.2, 0) is 37.5 Å². The van der Waals surface area contributed by atoms with E-state index in [0.29, 0.717) is 25.7 Å². The minimum absolute atomic E-state index is 0.0483. The van der Waals surface area contributed by atoms with E-state index >= 15 is 0 Å². The van der Waals surface area contributed by atoms with E-state index in [1.54, 1.807) is 0 Å². The number of phosphoric ester groups is 1. The van der Waals surface area contributed by atoms with Crippen LogP contribution in [0.4, 0.5) is 0 Å². The Bertz CT molecular complexity index is 1280. The van der Waals surface area contributed by atoms with Gasteiger partial charge in [-0.25, -0.2) is 4.57 Å². The molecule has 0 spiro atoms. The summed E-state index contributed by atoms with van der Waals surface area (Å²) in [4.78, 5) is 45.7. The third-order valence-electron chi connectivity index (χ3n) is 7.44. The molecule has 0 amide bonds. The summed E-state index contributed by atoms with van der Waals surface area (Å²) < 4.78 is 32.4. The van der Waals surface area contributed by atoms with Crippen molar-refractivity contribution in [2.45, 2.75) is 129 Å². The topological polar surface area (TPSA) is 172 Å². The van der Waals surface area contributed by atoms with Gasteiger partial charge in [0, 0.05) is 12.8 Å². The first-order valence-corrected chi connectivity index (χ1v) is 20.8. The van der Waals surface area contributed by atoms with Crippen molar-refractivity contribution in [1.82, 2.24) is 0 Å². The van der Waals surface area contributed by atoms with Crippen LogP contribution in [0.3, 0.4) is 0 Å². The Kier molecular flexibility index (Phi) is 34.0. The van der Waals surface area contributed by atoms with Crippen LogP contribution in [0.2, 0.25) is 0 Å². The lowest BCUT2D eigenvalue weighted by Gasteiger charge is -2.20. The highest BCUT2D eigenvalue weighted by Gasteiger charge is 2.28. The molecule has 0 aliphatic carbocycles. The molecule has 0 fully saturated rings. The van der Waals surface area contributed by atoms with Gasteiger partial charge in [-0.15, -0.1) is 0 Å². The number of carboxylic acid groups (broad SMARTS) is 1. The Morgan fingerprint density at radius 2 is 1.11 bits per heavy atom. The van der Waals surface area contributed by atoms with Gasteiger partial charge in [-0.1, -0.05) is 143 Å². The summed E-state index contributed by atoms with van der Waals surface area (Å²) in [6.45, 7) is 2.48. The fourth-order valence-corrected chi connectivity index (χ4v) is 5.18. The summed E-state index contributed by atoms with van der Waals surface area (Å²) in [5, 5.41) is 8.86. The first-order valence-electron chi connectivity index (χ1n) is 19.3. The molecular weight excluding hydrogens is 709 g/mol. The molecule has 4 N–H and O–H groups in total. The number of aliphatic carboxylic acids is 1. The summed E-state index contributed by atoms with van der Waals surface area (Å²) in [5.74, 6) is -2.56. The van der Waals surface area contributed by atoms with Gasteiger partial charge in [-0.05, 0) is 57.8 Å². The number of carbonyl (C=O) groups excluding carboxylic acids is 2. The monoisotopic (exact) mass is 775 g/mol. The highest BCUT2D eigenvalue weighted by Crippen LogP contribution is 2.43. The maximum atomic E-state index is 12.5. The van der Waals surface area contributed by atoms with Gasteiger partial charge >= 0.3 is 25.7 Å². The van der Waals surface area contributed by atoms with Crippen molar-refractivity contribution in [3.05, 3.63) is 97.2 Å². The predicted molar refractivity (Wildman–Crippen MR) is 217 cm³/mol. The molecule has 0 radical (unpaired) electrons. The molecule has 0 aromatic rings. The number of unbranched alkanes of at least 4 members (excludes halogenated alkanes) is 8. The Balaban J connectivity index is 4.64. The van der Waals surface area contributed by atoms with E-state index in [-0.39, 0.29) is 12.8 Å². The largest absolute Gasteiger partial charge is 0.480 e. The molecule has 11 nitrogen and oxygen atoms in total. The normalized spacial score (nSPS) is 14.9. The summed E-state index contributed by atoms with van der Waals surface area (Å²) in [6.07, 6.45) is 45.1. The van der Waals surface area contributed by atoms with Crippen LogP contribution in [-0.4, -0.2) is 59.9 Å². The lowest BCUT2D eigenvalue weighted by Crippen LogP contribution is -2.34. The first-order chi connectivity index (χ1) is 26.1. The van der Waals surface area contributed by atoms with Gasteiger partial charge < -0.3 is 25.2 Å². The van der Waals surface area contributed by atoms with Crippen molar-refractivity contribution in [3.63, 3.8) is 0 Å². The molecular formula is C42H66NO10P. The van der Waals surface area contributed by atoms with Crippen LogP contribution in [0, 0.1) is 0 Å². The van der Waals surface area contributed by atoms with Crippen molar-refractivity contribution in [1.29, 1.82) is 0 Å². The van der Waals surface area contributed by atoms with Crippen LogP contribution >= 0.6 is 7.82 Å². The third kappa shape index (κ3) is 35.4. The number of carboxylic acids is 1. The number of hydrogen-bond donors (Lipinski definition) is 3. The molecule has 12 heteroatoms. The SMILES string of the molecule is CC/C=C/C=C/C=C/C=C/C=C/CCCC(=O)OC(COC(=O)CCC/C=C/C/C=C/C/C=C/CCCCCCCC)COP(=O)(O)OC[C@H](N)C(=O)O. The predicted octanol–water partition coefficient (Wildman–Crippen LogP) is 9.72. The maximum absolute atomic E-state index is 12.5. The summed E-state index contributed by atoms with van der Waals surface area (Å²) >= 11 is 0. The second-order valence-corrected chi connectivity index (χ2v) is 13.9. The van der Waals surface area contributed by atoms with Gasteiger partial charge in [0.1, 0.15) is 12.6 Å². The number of carbonyl (C=O) groups is 3. The molecule has 0 aliphatic heterocycles. The van der Waals surface area contributed by atoms with Gasteiger partial charge in [-0.2, -0.15) is 0 Å². The standard InChI is InChI=1S/C42H66NO10P/c1-3-5-7-9-11-13-15-17-18-19-20-22-23-25-27-29-31-33-40(44)50-35-38(36-51-54(48,49)52-37-39(43)42(46)47)53-41(45)34-32-30-28-26-24-21-16-14-12-10-8-6-4-2/h6,8,10,12,14,16-18,20-22,24-28,38-39H,3-5,7,9,11,13,15,19,23,29-37,43H2,1-2H3,(H,46,47)(H,48,49)/b8-6+,12-10+,16-14+,18-17+,22-20+,24-21+,27-25+,28-26+/t38?,39-/m0/s1. The maximum Gasteiger partial charge on any atom is 0.472 e. The molecule has 0 aromatic carbocycles. The first kappa shape index (κ1) is 50.4. The van der Waals surface area contributed by atoms with E-state index in [0.717, 1.165) is 25.7 Å². The molecule has 0 saturated heterocycles. The van der Waals surface area contributed by atoms with Crippen molar-refractivity contribution in [2.24, 2.45) is 5.73 Å². The molecule has 0 rings (SSSR count). The highest BCUT2D eigenvalue weighted by atomic mass is 31.2. The number of hydrogen-bond acceptors (Lipinski definition) is 9. The molecule has 0 bridgehead atoms. The quantitative estimate of drug-likeness (QED) is 0.0187. The van der Waals surface area contributed by atoms with Gasteiger partial charge in [-0.3, -0.25) is 23.4 Å². The lowest BCUT2D eigenvalue weighted by atomic mass is 10.1. The Morgan fingerprint density at radius 1 is 0.611 bits per heavy atom. The van der Waals surface area contributed by atoms with Crippen LogP contribution in [0.1, 0.15) is 117 Å². The molecule has 3 atom stereocenters. The molecule has 2 unspecified atom stereocenters. The van der Waals surface area contributed by atoms with Crippen molar-refractivity contribution in [3.8, 4) is 0 Å². The van der Waals surface area contributed by atoms with E-state index in [9.17, 15) is 23.8 Å². The van der Waals surface area contributed by atoms with E-state index in [4.69, 9.17) is 24.8 Å². The van der Waals surface area contributed by atoms with Crippen LogP contribution in [0.5, 0.6) is 0 Å². The Labute approximate surface area is 324 Å². The highest BCUT2D eigenvalue weighted by molar-refractivity contribution is 7.47. The number of allylic oxidation sites excluding steroid dienone is 16. The van der Waals surface area contributed by atoms with Gasteiger partial charge in [0.15, 0.2) is 6.10 Å². The van der Waals surface area contributed by atoms with E-state index in [1.165, 1.54) is 38.5 Å². The Morgan fingerprint density at radius 3 is 1.72 bits per heavy atom. The molecule has 0 aromatic heterocycles. The van der Waals surface area contributed by atoms with Crippen LogP contribution in [0.15, 0.2) is 97.2 Å². The molecule has 0 aliphatic rings. The third-order valence-corrected chi connectivity index (χ3v) is 8.39. The lowest BCUT2D eigenvalue weighted by molar-refractivity contribution is -0.161. The minimum atomic E-state index is -4.75. The van der Waals surface area contributed by atoms with Crippen molar-refractivity contribution >= 4 is 25.7 Å². The fraction of sp³-hybridized carbons (Fsp3) is 0.548. The van der Waals surface area contributed by atoms with E-state index in [2.05, 4.69) is 48.8 Å². The molecule has 304 valence electrons. The fourth-order valence-electron chi connectivity index (χ4n) is 4.40. The van der Waals surface area contributed by atoms with Gasteiger partial charge in [0.2, 0.25) is 0 Å². The average molecular weight is 776 g/mol. The van der Waals surface area contributed by atoms with Crippen molar-refractivity contribution < 1.29 is 47.5 Å². The minimum Gasteiger partial charge on any atom is -0.480 e. The van der Waals surface area contributed by atoms with E-state index in [1.807, 2.05) is 66.8 Å². The second-order valence-electron chi connectivity index (χ2n) is 12.4. The molecule has 54 heavy (non-hydrogen) atoms. The molecule has 0 heterocycles. The van der Waals surface area contributed by atoms with Gasteiger partial charge in [0.25, 0.3) is 0 Å². The summed E-state index contributed by atoms with van der Waals surface area (Å²) in [6, 6.07) is -1.54.